The molecule has 1 N–H and O–H groups in total. The molecule has 2 rings (SSSR count). The maximum atomic E-state index is 13.1. The number of halogens is 2. The van der Waals surface area contributed by atoms with Crippen molar-refractivity contribution in [1.29, 1.82) is 0 Å². The molecule has 0 saturated heterocycles. The van der Waals surface area contributed by atoms with Crippen molar-refractivity contribution in [2.45, 2.75) is 6.92 Å². The van der Waals surface area contributed by atoms with Gasteiger partial charge in [-0.15, -0.1) is 0 Å². The molecule has 0 aliphatic rings. The number of hydrogen-bond donors (Lipinski definition) is 1. The van der Waals surface area contributed by atoms with Crippen molar-refractivity contribution < 1.29 is 14.3 Å². The van der Waals surface area contributed by atoms with E-state index in [2.05, 4.69) is 0 Å². The lowest BCUT2D eigenvalue weighted by molar-refractivity contribution is 0.0987. The zero-order valence-corrected chi connectivity index (χ0v) is 13.0. The largest absolute Gasteiger partial charge is 0.508 e. The number of nitrogens with zero attached hydrogens (tertiary/aromatic N) is 1. The van der Waals surface area contributed by atoms with Gasteiger partial charge in [-0.05, 0) is 59.8 Å². The van der Waals surface area contributed by atoms with Crippen molar-refractivity contribution >= 4 is 34.2 Å². The Bertz CT molecular complexity index is 646. The average molecular weight is 385 g/mol. The third-order valence-corrected chi connectivity index (χ3v) is 3.76. The van der Waals surface area contributed by atoms with Gasteiger partial charge in [0.2, 0.25) is 0 Å². The third kappa shape index (κ3) is 3.09. The Hall–Kier alpha value is -1.63. The van der Waals surface area contributed by atoms with Crippen LogP contribution < -0.4 is 4.90 Å². The van der Waals surface area contributed by atoms with Crippen molar-refractivity contribution in [2.75, 3.05) is 11.4 Å². The van der Waals surface area contributed by atoms with Crippen LogP contribution >= 0.6 is 22.6 Å². The van der Waals surface area contributed by atoms with E-state index in [0.717, 1.165) is 0 Å². The molecule has 0 aliphatic carbocycles. The van der Waals surface area contributed by atoms with Gasteiger partial charge in [-0.2, -0.15) is 0 Å². The molecule has 104 valence electrons. The molecule has 0 bridgehead atoms. The van der Waals surface area contributed by atoms with Crippen LogP contribution in [0.4, 0.5) is 10.1 Å². The van der Waals surface area contributed by atoms with E-state index in [0.29, 0.717) is 21.4 Å². The molecule has 2 aromatic rings. The fourth-order valence-corrected chi connectivity index (χ4v) is 2.62. The van der Waals surface area contributed by atoms with E-state index in [1.54, 1.807) is 18.2 Å². The highest BCUT2D eigenvalue weighted by Gasteiger charge is 2.19. The highest BCUT2D eigenvalue weighted by molar-refractivity contribution is 14.1. The summed E-state index contributed by atoms with van der Waals surface area (Å²) in [7, 11) is 0. The molecule has 0 aromatic heterocycles. The highest BCUT2D eigenvalue weighted by atomic mass is 127. The summed E-state index contributed by atoms with van der Waals surface area (Å²) in [6, 6.07) is 10.6. The van der Waals surface area contributed by atoms with E-state index in [4.69, 9.17) is 0 Å². The van der Waals surface area contributed by atoms with Gasteiger partial charge in [0.1, 0.15) is 11.6 Å². The van der Waals surface area contributed by atoms with Crippen LogP contribution in [-0.4, -0.2) is 17.6 Å². The number of phenolic OH excluding ortho intramolecular Hbond substituents is 1. The van der Waals surface area contributed by atoms with Gasteiger partial charge in [-0.3, -0.25) is 4.79 Å². The quantitative estimate of drug-likeness (QED) is 0.817. The lowest BCUT2D eigenvalue weighted by atomic mass is 10.1. The minimum Gasteiger partial charge on any atom is -0.508 e. The lowest BCUT2D eigenvalue weighted by Crippen LogP contribution is -2.31. The molecule has 0 aliphatic heterocycles. The van der Waals surface area contributed by atoms with Gasteiger partial charge < -0.3 is 10.0 Å². The van der Waals surface area contributed by atoms with Gasteiger partial charge >= 0.3 is 0 Å². The zero-order chi connectivity index (χ0) is 14.7. The maximum Gasteiger partial charge on any atom is 0.259 e. The molecule has 0 unspecified atom stereocenters. The highest BCUT2D eigenvalue weighted by Crippen LogP contribution is 2.23. The van der Waals surface area contributed by atoms with Crippen LogP contribution in [0.2, 0.25) is 0 Å². The molecule has 0 spiro atoms. The fourth-order valence-electron chi connectivity index (χ4n) is 1.91. The van der Waals surface area contributed by atoms with Crippen LogP contribution in [0.25, 0.3) is 0 Å². The van der Waals surface area contributed by atoms with Crippen LogP contribution in [0, 0.1) is 9.39 Å². The first-order chi connectivity index (χ1) is 9.52. The van der Waals surface area contributed by atoms with Crippen LogP contribution in [0.1, 0.15) is 17.3 Å². The molecule has 5 heteroatoms. The summed E-state index contributed by atoms with van der Waals surface area (Å²) in [5.74, 6) is -0.489. The Kier molecular flexibility index (Phi) is 4.59. The summed E-state index contributed by atoms with van der Waals surface area (Å²) in [5.41, 5.74) is 1.05. The minimum absolute atomic E-state index is 0.0996. The second-order valence-corrected chi connectivity index (χ2v) is 5.36. The van der Waals surface area contributed by atoms with E-state index < -0.39 is 0 Å². The third-order valence-electron chi connectivity index (χ3n) is 2.86. The van der Waals surface area contributed by atoms with Crippen molar-refractivity contribution in [2.24, 2.45) is 0 Å². The first-order valence-corrected chi connectivity index (χ1v) is 7.16. The Morgan fingerprint density at radius 2 is 2.05 bits per heavy atom. The number of hydrogen-bond acceptors (Lipinski definition) is 2. The SMILES string of the molecule is CCN(C(=O)c1ccc(F)cc1I)c1cccc(O)c1. The molecule has 0 heterocycles. The number of rotatable bonds is 3. The number of phenols is 1. The summed E-state index contributed by atoms with van der Waals surface area (Å²) in [6.07, 6.45) is 0. The second-order valence-electron chi connectivity index (χ2n) is 4.19. The van der Waals surface area contributed by atoms with E-state index in [1.807, 2.05) is 29.5 Å². The monoisotopic (exact) mass is 385 g/mol. The molecule has 0 saturated carbocycles. The molecule has 1 amide bonds. The van der Waals surface area contributed by atoms with Crippen molar-refractivity contribution in [1.82, 2.24) is 0 Å². The Morgan fingerprint density at radius 1 is 1.30 bits per heavy atom. The molecule has 3 nitrogen and oxygen atoms in total. The van der Waals surface area contributed by atoms with E-state index in [-0.39, 0.29) is 17.5 Å². The Labute approximate surface area is 130 Å². The number of anilines is 1. The number of carbonyl (C=O) groups is 1. The smallest absolute Gasteiger partial charge is 0.259 e. The number of amides is 1. The van der Waals surface area contributed by atoms with Crippen LogP contribution in [0.15, 0.2) is 42.5 Å². The Balaban J connectivity index is 2.39. The first-order valence-electron chi connectivity index (χ1n) is 6.09. The second kappa shape index (κ2) is 6.21. The molecular weight excluding hydrogens is 372 g/mol. The fraction of sp³-hybridized carbons (Fsp3) is 0.133. The van der Waals surface area contributed by atoms with Crippen LogP contribution in [0.3, 0.4) is 0 Å². The summed E-state index contributed by atoms with van der Waals surface area (Å²) in [6.45, 7) is 2.30. The Morgan fingerprint density at radius 3 is 2.65 bits per heavy atom. The van der Waals surface area contributed by atoms with Gasteiger partial charge in [0.25, 0.3) is 5.91 Å². The van der Waals surface area contributed by atoms with Crippen LogP contribution in [-0.2, 0) is 0 Å². The first kappa shape index (κ1) is 14.8. The summed E-state index contributed by atoms with van der Waals surface area (Å²) < 4.78 is 13.7. The van der Waals surface area contributed by atoms with Gasteiger partial charge in [0.15, 0.2) is 0 Å². The van der Waals surface area contributed by atoms with Gasteiger partial charge in [-0.1, -0.05) is 6.07 Å². The zero-order valence-electron chi connectivity index (χ0n) is 10.8. The van der Waals surface area contributed by atoms with Crippen molar-refractivity contribution in [3.05, 3.63) is 57.4 Å². The molecule has 0 fully saturated rings. The topological polar surface area (TPSA) is 40.5 Å². The predicted molar refractivity (Wildman–Crippen MR) is 84.6 cm³/mol. The summed E-state index contributed by atoms with van der Waals surface area (Å²) >= 11 is 1.94. The molecular formula is C15H13FINO2. The number of benzene rings is 2. The minimum atomic E-state index is -0.369. The summed E-state index contributed by atoms with van der Waals surface area (Å²) in [4.78, 5) is 14.1. The summed E-state index contributed by atoms with van der Waals surface area (Å²) in [5, 5.41) is 9.51. The normalized spacial score (nSPS) is 10.3. The van der Waals surface area contributed by atoms with Crippen molar-refractivity contribution in [3.8, 4) is 5.75 Å². The standard InChI is InChI=1S/C15H13FINO2/c1-2-18(11-4-3-5-12(19)9-11)15(20)13-7-6-10(16)8-14(13)17/h3-9,19H,2H2,1H3. The van der Waals surface area contributed by atoms with Gasteiger partial charge in [0.05, 0.1) is 5.56 Å². The van der Waals surface area contributed by atoms with Gasteiger partial charge in [-0.25, -0.2) is 4.39 Å². The van der Waals surface area contributed by atoms with E-state index in [1.165, 1.54) is 29.2 Å². The lowest BCUT2D eigenvalue weighted by Gasteiger charge is -2.21. The van der Waals surface area contributed by atoms with Gasteiger partial charge in [0, 0.05) is 21.9 Å². The molecule has 0 radical (unpaired) electrons. The van der Waals surface area contributed by atoms with Crippen molar-refractivity contribution in [3.63, 3.8) is 0 Å². The van der Waals surface area contributed by atoms with Crippen LogP contribution in [0.5, 0.6) is 5.75 Å². The maximum absolute atomic E-state index is 13.1. The average Bonchev–Trinajstić information content (AvgIpc) is 2.39. The van der Waals surface area contributed by atoms with E-state index in [9.17, 15) is 14.3 Å². The molecule has 2 aromatic carbocycles. The molecule has 20 heavy (non-hydrogen) atoms. The molecule has 0 atom stereocenters. The number of aromatic hydroxyl groups is 1. The predicted octanol–water partition coefficient (Wildman–Crippen LogP) is 3.80. The number of carbonyl (C=O) groups excluding carboxylic acids is 1. The van der Waals surface area contributed by atoms with E-state index >= 15 is 0 Å².